The van der Waals surface area contributed by atoms with Crippen molar-refractivity contribution in [2.45, 2.75) is 6.61 Å². The van der Waals surface area contributed by atoms with Crippen molar-refractivity contribution in [3.8, 4) is 17.6 Å². The number of ether oxygens (including phenoxy) is 2. The van der Waals surface area contributed by atoms with E-state index in [1.165, 1.54) is 25.3 Å². The third-order valence-corrected chi connectivity index (χ3v) is 5.87. The number of halogens is 1. The zero-order valence-electron chi connectivity index (χ0n) is 19.6. The molecule has 37 heavy (non-hydrogen) atoms. The summed E-state index contributed by atoms with van der Waals surface area (Å²) in [5.41, 5.74) is 1.09. The fourth-order valence-corrected chi connectivity index (χ4v) is 3.86. The molecule has 0 heterocycles. The van der Waals surface area contributed by atoms with Crippen molar-refractivity contribution in [3.63, 3.8) is 0 Å². The van der Waals surface area contributed by atoms with E-state index < -0.39 is 10.8 Å². The van der Waals surface area contributed by atoms with Gasteiger partial charge in [-0.05, 0) is 46.2 Å². The maximum atomic E-state index is 12.7. The number of anilines is 1. The van der Waals surface area contributed by atoms with Gasteiger partial charge in [0.15, 0.2) is 11.5 Å². The number of rotatable bonds is 8. The number of non-ortho nitro benzene ring substituents is 1. The first-order valence-electron chi connectivity index (χ1n) is 11.0. The van der Waals surface area contributed by atoms with Crippen molar-refractivity contribution in [1.29, 1.82) is 5.26 Å². The van der Waals surface area contributed by atoms with E-state index in [1.807, 2.05) is 48.5 Å². The van der Waals surface area contributed by atoms with Crippen LogP contribution in [0.1, 0.15) is 11.1 Å². The van der Waals surface area contributed by atoms with Gasteiger partial charge in [-0.3, -0.25) is 14.9 Å². The molecule has 1 N–H and O–H groups in total. The fraction of sp³-hybridized carbons (Fsp3) is 0.0714. The van der Waals surface area contributed by atoms with Crippen molar-refractivity contribution in [1.82, 2.24) is 0 Å². The second-order valence-corrected chi connectivity index (χ2v) is 8.29. The minimum atomic E-state index is -0.764. The Balaban J connectivity index is 1.53. The average molecular weight is 514 g/mol. The Morgan fingerprint density at radius 3 is 2.62 bits per heavy atom. The number of carbonyl (C=O) groups is 1. The van der Waals surface area contributed by atoms with Crippen LogP contribution >= 0.6 is 11.6 Å². The zero-order chi connectivity index (χ0) is 26.4. The number of hydrogen-bond donors (Lipinski definition) is 1. The number of hydrogen-bond acceptors (Lipinski definition) is 6. The highest BCUT2D eigenvalue weighted by molar-refractivity contribution is 6.34. The van der Waals surface area contributed by atoms with Crippen LogP contribution in [0.5, 0.6) is 11.5 Å². The summed E-state index contributed by atoms with van der Waals surface area (Å²) in [5.74, 6) is 0.160. The number of amides is 1. The highest BCUT2D eigenvalue weighted by atomic mass is 35.5. The largest absolute Gasteiger partial charge is 0.493 e. The molecule has 1 amide bonds. The van der Waals surface area contributed by atoms with E-state index in [4.69, 9.17) is 21.1 Å². The number of nitro benzene ring substituents is 1. The van der Waals surface area contributed by atoms with Crippen LogP contribution in [0, 0.1) is 21.4 Å². The van der Waals surface area contributed by atoms with Crippen molar-refractivity contribution in [2.75, 3.05) is 12.4 Å². The smallest absolute Gasteiger partial charge is 0.271 e. The Kier molecular flexibility index (Phi) is 7.67. The first kappa shape index (κ1) is 25.2. The molecule has 4 aromatic carbocycles. The maximum absolute atomic E-state index is 12.7. The molecule has 0 radical (unpaired) electrons. The minimum Gasteiger partial charge on any atom is -0.493 e. The van der Waals surface area contributed by atoms with Crippen LogP contribution in [0.4, 0.5) is 11.4 Å². The molecule has 0 aliphatic rings. The predicted octanol–water partition coefficient (Wildman–Crippen LogP) is 6.53. The van der Waals surface area contributed by atoms with Gasteiger partial charge in [0.2, 0.25) is 0 Å². The van der Waals surface area contributed by atoms with Crippen LogP contribution < -0.4 is 14.8 Å². The minimum absolute atomic E-state index is 0.0248. The normalized spacial score (nSPS) is 11.0. The first-order valence-corrected chi connectivity index (χ1v) is 11.4. The molecule has 0 unspecified atom stereocenters. The number of nitrogens with zero attached hydrogens (tertiary/aromatic N) is 2. The van der Waals surface area contributed by atoms with Gasteiger partial charge in [0.25, 0.3) is 11.6 Å². The monoisotopic (exact) mass is 513 g/mol. The van der Waals surface area contributed by atoms with E-state index >= 15 is 0 Å². The van der Waals surface area contributed by atoms with E-state index in [0.717, 1.165) is 22.4 Å². The molecule has 0 bridgehead atoms. The van der Waals surface area contributed by atoms with E-state index in [9.17, 15) is 20.2 Å². The molecule has 8 nitrogen and oxygen atoms in total. The predicted molar refractivity (Wildman–Crippen MR) is 142 cm³/mol. The lowest BCUT2D eigenvalue weighted by Crippen LogP contribution is -2.14. The Labute approximate surface area is 217 Å². The topological polar surface area (TPSA) is 114 Å². The molecule has 0 aromatic heterocycles. The number of methoxy groups -OCH3 is 1. The van der Waals surface area contributed by atoms with Crippen LogP contribution in [-0.4, -0.2) is 17.9 Å². The van der Waals surface area contributed by atoms with Gasteiger partial charge in [-0.1, -0.05) is 60.1 Å². The van der Waals surface area contributed by atoms with Gasteiger partial charge in [-0.15, -0.1) is 0 Å². The summed E-state index contributed by atoms with van der Waals surface area (Å²) in [7, 11) is 1.50. The summed E-state index contributed by atoms with van der Waals surface area (Å²) in [6, 6.07) is 24.5. The van der Waals surface area contributed by atoms with Crippen molar-refractivity contribution in [2.24, 2.45) is 0 Å². The Hall–Kier alpha value is -4.87. The molecular weight excluding hydrogens is 494 g/mol. The fourth-order valence-electron chi connectivity index (χ4n) is 3.69. The van der Waals surface area contributed by atoms with Crippen LogP contribution in [0.3, 0.4) is 0 Å². The molecule has 0 saturated heterocycles. The number of nitriles is 1. The first-order chi connectivity index (χ1) is 17.9. The summed E-state index contributed by atoms with van der Waals surface area (Å²) in [5, 5.41) is 25.3. The van der Waals surface area contributed by atoms with Gasteiger partial charge in [0.05, 0.1) is 22.7 Å². The molecule has 4 rings (SSSR count). The number of nitrogens with one attached hydrogen (secondary N) is 1. The highest BCUT2D eigenvalue weighted by Gasteiger charge is 2.16. The van der Waals surface area contributed by atoms with Gasteiger partial charge in [-0.25, -0.2) is 0 Å². The second-order valence-electron chi connectivity index (χ2n) is 7.88. The summed E-state index contributed by atoms with van der Waals surface area (Å²) in [6.07, 6.45) is 1.37. The number of nitro groups is 1. The van der Waals surface area contributed by atoms with Gasteiger partial charge >= 0.3 is 0 Å². The van der Waals surface area contributed by atoms with Gasteiger partial charge in [0, 0.05) is 12.1 Å². The van der Waals surface area contributed by atoms with Gasteiger partial charge in [0.1, 0.15) is 18.2 Å². The van der Waals surface area contributed by atoms with Gasteiger partial charge < -0.3 is 14.8 Å². The lowest BCUT2D eigenvalue weighted by molar-refractivity contribution is -0.384. The van der Waals surface area contributed by atoms with Crippen LogP contribution in [0.2, 0.25) is 5.02 Å². The SMILES string of the molecule is COc1cc(/C=C(\C#N)C(=O)Nc2cc([N+](=O)[O-])ccc2Cl)ccc1OCc1cccc2ccccc12. The standard InChI is InChI=1S/C28H20ClN3O5/c1-36-27-14-18(9-12-26(27)37-17-20-7-4-6-19-5-2-3-8-23(19)20)13-21(16-30)28(33)31-25-15-22(32(34)35)10-11-24(25)29/h2-15H,17H2,1H3,(H,31,33)/b21-13+. The molecule has 0 atom stereocenters. The Morgan fingerprint density at radius 2 is 1.86 bits per heavy atom. The Morgan fingerprint density at radius 1 is 1.08 bits per heavy atom. The third kappa shape index (κ3) is 5.86. The summed E-state index contributed by atoms with van der Waals surface area (Å²) < 4.78 is 11.5. The number of benzene rings is 4. The third-order valence-electron chi connectivity index (χ3n) is 5.54. The van der Waals surface area contributed by atoms with Crippen LogP contribution in [0.25, 0.3) is 16.8 Å². The Bertz CT molecular complexity index is 1570. The lowest BCUT2D eigenvalue weighted by Gasteiger charge is -2.13. The molecule has 184 valence electrons. The molecule has 0 aliphatic carbocycles. The van der Waals surface area contributed by atoms with Crippen molar-refractivity contribution in [3.05, 3.63) is 111 Å². The van der Waals surface area contributed by atoms with Gasteiger partial charge in [-0.2, -0.15) is 5.26 Å². The van der Waals surface area contributed by atoms with E-state index in [2.05, 4.69) is 5.32 Å². The molecular formula is C28H20ClN3O5. The molecule has 9 heteroatoms. The number of carbonyl (C=O) groups excluding carboxylic acids is 1. The molecule has 4 aromatic rings. The quantitative estimate of drug-likeness (QED) is 0.124. The molecule has 0 fully saturated rings. The van der Waals surface area contributed by atoms with Crippen LogP contribution in [0.15, 0.2) is 84.4 Å². The van der Waals surface area contributed by atoms with E-state index in [1.54, 1.807) is 18.2 Å². The average Bonchev–Trinajstić information content (AvgIpc) is 2.91. The van der Waals surface area contributed by atoms with Crippen molar-refractivity contribution < 1.29 is 19.2 Å². The van der Waals surface area contributed by atoms with E-state index in [-0.39, 0.29) is 22.0 Å². The van der Waals surface area contributed by atoms with Crippen molar-refractivity contribution >= 4 is 45.7 Å². The molecule has 0 spiro atoms. The summed E-state index contributed by atoms with van der Waals surface area (Å²) >= 11 is 6.05. The van der Waals surface area contributed by atoms with E-state index in [0.29, 0.717) is 23.7 Å². The second kappa shape index (κ2) is 11.2. The summed E-state index contributed by atoms with van der Waals surface area (Å²) in [6.45, 7) is 0.322. The zero-order valence-corrected chi connectivity index (χ0v) is 20.4. The lowest BCUT2D eigenvalue weighted by atomic mass is 10.1. The number of fused-ring (bicyclic) bond motifs is 1. The van der Waals surface area contributed by atoms with Crippen LogP contribution in [-0.2, 0) is 11.4 Å². The highest BCUT2D eigenvalue weighted by Crippen LogP contribution is 2.31. The molecule has 0 saturated carbocycles. The summed E-state index contributed by atoms with van der Waals surface area (Å²) in [4.78, 5) is 23.1. The maximum Gasteiger partial charge on any atom is 0.271 e. The molecule has 0 aliphatic heterocycles.